The largest absolute Gasteiger partial charge is 0.449 e. The molecule has 1 saturated carbocycles. The first-order valence-corrected chi connectivity index (χ1v) is 7.36. The van der Waals surface area contributed by atoms with Gasteiger partial charge < -0.3 is 20.1 Å². The molecule has 110 valence electrons. The van der Waals surface area contributed by atoms with Crippen LogP contribution in [0.15, 0.2) is 0 Å². The molecule has 2 fully saturated rings. The summed E-state index contributed by atoms with van der Waals surface area (Å²) in [4.78, 5) is 13.5. The highest BCUT2D eigenvalue weighted by Gasteiger charge is 2.35. The summed E-state index contributed by atoms with van der Waals surface area (Å²) in [5.74, 6) is 0.355. The number of likely N-dealkylation sites (tertiary alicyclic amines) is 1. The Morgan fingerprint density at radius 1 is 1.42 bits per heavy atom. The molecular weight excluding hydrogens is 244 g/mol. The van der Waals surface area contributed by atoms with Gasteiger partial charge in [0.05, 0.1) is 12.2 Å². The number of piperidine rings is 1. The third-order valence-corrected chi connectivity index (χ3v) is 3.79. The maximum Gasteiger partial charge on any atom is 0.409 e. The molecular formula is C14H26N2O3. The van der Waals surface area contributed by atoms with E-state index in [0.717, 1.165) is 0 Å². The molecule has 5 nitrogen and oxygen atoms in total. The summed E-state index contributed by atoms with van der Waals surface area (Å²) in [6.45, 7) is 6.31. The van der Waals surface area contributed by atoms with Crippen molar-refractivity contribution in [2.75, 3.05) is 26.2 Å². The second-order valence-electron chi connectivity index (χ2n) is 6.34. The minimum atomic E-state index is -0.655. The van der Waals surface area contributed by atoms with Gasteiger partial charge in [-0.05, 0) is 31.6 Å². The lowest BCUT2D eigenvalue weighted by Crippen LogP contribution is -2.51. The number of carbonyl (C=O) groups is 1. The lowest BCUT2D eigenvalue weighted by atomic mass is 9.91. The van der Waals surface area contributed by atoms with Crippen LogP contribution < -0.4 is 5.32 Å². The Kier molecular flexibility index (Phi) is 4.68. The van der Waals surface area contributed by atoms with E-state index in [0.29, 0.717) is 51.0 Å². The molecule has 1 saturated heterocycles. The van der Waals surface area contributed by atoms with Crippen molar-refractivity contribution >= 4 is 6.09 Å². The number of nitrogens with one attached hydrogen (secondary N) is 1. The Morgan fingerprint density at radius 2 is 2.05 bits per heavy atom. The predicted octanol–water partition coefficient (Wildman–Crippen LogP) is 1.36. The van der Waals surface area contributed by atoms with Crippen LogP contribution in [0.1, 0.15) is 39.5 Å². The fourth-order valence-electron chi connectivity index (χ4n) is 2.23. The van der Waals surface area contributed by atoms with Gasteiger partial charge in [-0.3, -0.25) is 0 Å². The molecule has 2 N–H and O–H groups in total. The summed E-state index contributed by atoms with van der Waals surface area (Å²) in [7, 11) is 0. The highest BCUT2D eigenvalue weighted by Crippen LogP contribution is 2.25. The number of rotatable bonds is 5. The zero-order valence-electron chi connectivity index (χ0n) is 12.0. The van der Waals surface area contributed by atoms with Gasteiger partial charge in [-0.15, -0.1) is 0 Å². The van der Waals surface area contributed by atoms with E-state index in [4.69, 9.17) is 4.74 Å². The Morgan fingerprint density at radius 3 is 2.58 bits per heavy atom. The van der Waals surface area contributed by atoms with Crippen molar-refractivity contribution in [1.82, 2.24) is 10.2 Å². The number of nitrogens with zero attached hydrogens (tertiary/aromatic N) is 1. The first-order valence-electron chi connectivity index (χ1n) is 7.36. The van der Waals surface area contributed by atoms with E-state index in [2.05, 4.69) is 5.32 Å². The summed E-state index contributed by atoms with van der Waals surface area (Å²) >= 11 is 0. The first-order chi connectivity index (χ1) is 8.98. The standard InChI is InChI=1S/C14H26N2O3/c1-11(2)9-19-13(17)16-7-5-14(18,6-8-16)10-15-12-3-4-12/h11-12,15,18H,3-10H2,1-2H3. The monoisotopic (exact) mass is 270 g/mol. The van der Waals surface area contributed by atoms with E-state index in [9.17, 15) is 9.90 Å². The molecule has 0 spiro atoms. The van der Waals surface area contributed by atoms with Crippen LogP contribution in [-0.4, -0.2) is 54.0 Å². The summed E-state index contributed by atoms with van der Waals surface area (Å²) in [5.41, 5.74) is -0.655. The van der Waals surface area contributed by atoms with Crippen LogP contribution in [0.4, 0.5) is 4.79 Å². The maximum absolute atomic E-state index is 11.8. The first kappa shape index (κ1) is 14.6. The predicted molar refractivity (Wildman–Crippen MR) is 73.0 cm³/mol. The van der Waals surface area contributed by atoms with Crippen LogP contribution in [0.5, 0.6) is 0 Å². The van der Waals surface area contributed by atoms with E-state index in [1.54, 1.807) is 4.90 Å². The number of ether oxygens (including phenoxy) is 1. The lowest BCUT2D eigenvalue weighted by Gasteiger charge is -2.37. The van der Waals surface area contributed by atoms with Crippen LogP contribution in [0.2, 0.25) is 0 Å². The van der Waals surface area contributed by atoms with E-state index >= 15 is 0 Å². The second kappa shape index (κ2) is 6.09. The van der Waals surface area contributed by atoms with Gasteiger partial charge in [-0.2, -0.15) is 0 Å². The second-order valence-corrected chi connectivity index (χ2v) is 6.34. The molecule has 0 atom stereocenters. The van der Waals surface area contributed by atoms with E-state index in [1.165, 1.54) is 12.8 Å². The molecule has 1 aliphatic heterocycles. The van der Waals surface area contributed by atoms with Gasteiger partial charge in [0, 0.05) is 25.7 Å². The fourth-order valence-corrected chi connectivity index (χ4v) is 2.23. The Hall–Kier alpha value is -0.810. The number of amides is 1. The minimum absolute atomic E-state index is 0.245. The lowest BCUT2D eigenvalue weighted by molar-refractivity contribution is -0.0203. The normalized spacial score (nSPS) is 22.6. The zero-order valence-corrected chi connectivity index (χ0v) is 12.0. The molecule has 0 aromatic rings. The van der Waals surface area contributed by atoms with Crippen LogP contribution >= 0.6 is 0 Å². The highest BCUT2D eigenvalue weighted by molar-refractivity contribution is 5.67. The number of hydrogen-bond acceptors (Lipinski definition) is 4. The number of hydrogen-bond donors (Lipinski definition) is 2. The molecule has 1 amide bonds. The summed E-state index contributed by atoms with van der Waals surface area (Å²) in [5, 5.41) is 13.8. The molecule has 0 bridgehead atoms. The third kappa shape index (κ3) is 4.66. The van der Waals surface area contributed by atoms with E-state index in [-0.39, 0.29) is 6.09 Å². The quantitative estimate of drug-likeness (QED) is 0.792. The van der Waals surface area contributed by atoms with Crippen molar-refractivity contribution < 1.29 is 14.6 Å². The van der Waals surface area contributed by atoms with Gasteiger partial charge in [0.1, 0.15) is 0 Å². The van der Waals surface area contributed by atoms with Crippen molar-refractivity contribution in [3.63, 3.8) is 0 Å². The van der Waals surface area contributed by atoms with Gasteiger partial charge in [0.25, 0.3) is 0 Å². The average molecular weight is 270 g/mol. The summed E-state index contributed by atoms with van der Waals surface area (Å²) in [6, 6.07) is 0.609. The SMILES string of the molecule is CC(C)COC(=O)N1CCC(O)(CNC2CC2)CC1. The van der Waals surface area contributed by atoms with E-state index in [1.807, 2.05) is 13.8 Å². The molecule has 0 unspecified atom stereocenters. The average Bonchev–Trinajstić information content (AvgIpc) is 3.18. The number of carbonyl (C=O) groups excluding carboxylic acids is 1. The highest BCUT2D eigenvalue weighted by atomic mass is 16.6. The zero-order chi connectivity index (χ0) is 13.9. The molecule has 0 aromatic carbocycles. The van der Waals surface area contributed by atoms with Crippen molar-refractivity contribution in [3.8, 4) is 0 Å². The molecule has 0 aromatic heterocycles. The van der Waals surface area contributed by atoms with Gasteiger partial charge in [0.2, 0.25) is 0 Å². The van der Waals surface area contributed by atoms with Crippen molar-refractivity contribution in [1.29, 1.82) is 0 Å². The smallest absolute Gasteiger partial charge is 0.409 e. The van der Waals surface area contributed by atoms with Crippen molar-refractivity contribution in [2.45, 2.75) is 51.2 Å². The van der Waals surface area contributed by atoms with Crippen LogP contribution in [0.25, 0.3) is 0 Å². The Balaban J connectivity index is 1.69. The molecule has 19 heavy (non-hydrogen) atoms. The fraction of sp³-hybridized carbons (Fsp3) is 0.929. The molecule has 1 aliphatic carbocycles. The van der Waals surface area contributed by atoms with E-state index < -0.39 is 5.60 Å². The van der Waals surface area contributed by atoms with Crippen molar-refractivity contribution in [3.05, 3.63) is 0 Å². The van der Waals surface area contributed by atoms with Crippen LogP contribution in [0, 0.1) is 5.92 Å². The maximum atomic E-state index is 11.8. The minimum Gasteiger partial charge on any atom is -0.449 e. The molecule has 2 aliphatic rings. The third-order valence-electron chi connectivity index (χ3n) is 3.79. The van der Waals surface area contributed by atoms with Crippen LogP contribution in [0.3, 0.4) is 0 Å². The molecule has 2 rings (SSSR count). The molecule has 5 heteroatoms. The van der Waals surface area contributed by atoms with Gasteiger partial charge in [0.15, 0.2) is 0 Å². The Labute approximate surface area is 115 Å². The summed E-state index contributed by atoms with van der Waals surface area (Å²) in [6.07, 6.45) is 3.46. The van der Waals surface area contributed by atoms with Gasteiger partial charge >= 0.3 is 6.09 Å². The van der Waals surface area contributed by atoms with Gasteiger partial charge in [-0.1, -0.05) is 13.8 Å². The number of aliphatic hydroxyl groups is 1. The molecule has 0 radical (unpaired) electrons. The Bertz CT molecular complexity index is 308. The molecule has 1 heterocycles. The van der Waals surface area contributed by atoms with Crippen molar-refractivity contribution in [2.24, 2.45) is 5.92 Å². The van der Waals surface area contributed by atoms with Crippen LogP contribution in [-0.2, 0) is 4.74 Å². The topological polar surface area (TPSA) is 61.8 Å². The van der Waals surface area contributed by atoms with Gasteiger partial charge in [-0.25, -0.2) is 4.79 Å². The summed E-state index contributed by atoms with van der Waals surface area (Å²) < 4.78 is 5.21.